The standard InChI is InChI=1S/C28H26BrClN4S/c1-16-14-20(11-12-22(16)29)34-27(26(32-28(34)35)24-9-5-6-13-31-24)21-15-17(2)33(19(21)4)25-10-7-8-23(30)18(25)3/h5-15,26-27H,1-4H3,(H,32,35)/t26-,27+/m1/s1. The molecule has 0 bridgehead atoms. The van der Waals surface area contributed by atoms with Gasteiger partial charge in [-0.1, -0.05) is 39.7 Å². The predicted molar refractivity (Wildman–Crippen MR) is 152 cm³/mol. The minimum Gasteiger partial charge on any atom is -0.351 e. The van der Waals surface area contributed by atoms with Gasteiger partial charge in [-0.3, -0.25) is 4.98 Å². The molecule has 2 aromatic heterocycles. The molecule has 3 heterocycles. The van der Waals surface area contributed by atoms with Gasteiger partial charge >= 0.3 is 0 Å². The van der Waals surface area contributed by atoms with E-state index in [4.69, 9.17) is 28.8 Å². The molecule has 7 heteroatoms. The molecule has 1 fully saturated rings. The van der Waals surface area contributed by atoms with Gasteiger partial charge < -0.3 is 14.8 Å². The Kier molecular flexibility index (Phi) is 6.47. The first-order chi connectivity index (χ1) is 16.8. The predicted octanol–water partition coefficient (Wildman–Crippen LogP) is 7.70. The van der Waals surface area contributed by atoms with E-state index in [-0.39, 0.29) is 12.1 Å². The Morgan fingerprint density at radius 3 is 2.51 bits per heavy atom. The Balaban J connectivity index is 1.71. The average molecular weight is 566 g/mol. The molecule has 4 nitrogen and oxygen atoms in total. The molecule has 4 aromatic rings. The Hall–Kier alpha value is -2.67. The zero-order valence-corrected chi connectivity index (χ0v) is 23.2. The molecule has 35 heavy (non-hydrogen) atoms. The summed E-state index contributed by atoms with van der Waals surface area (Å²) in [5.41, 5.74) is 8.82. The average Bonchev–Trinajstić information content (AvgIpc) is 3.33. The van der Waals surface area contributed by atoms with Crippen molar-refractivity contribution < 1.29 is 0 Å². The van der Waals surface area contributed by atoms with E-state index in [0.29, 0.717) is 5.11 Å². The number of thiocarbonyl (C=S) groups is 1. The molecule has 0 unspecified atom stereocenters. The monoisotopic (exact) mass is 564 g/mol. The highest BCUT2D eigenvalue weighted by Gasteiger charge is 2.42. The molecular weight excluding hydrogens is 540 g/mol. The number of benzene rings is 2. The first-order valence-corrected chi connectivity index (χ1v) is 13.1. The molecule has 1 aliphatic rings. The highest BCUT2D eigenvalue weighted by molar-refractivity contribution is 9.10. The zero-order valence-electron chi connectivity index (χ0n) is 20.0. The van der Waals surface area contributed by atoms with Gasteiger partial charge in [-0.2, -0.15) is 0 Å². The first-order valence-electron chi connectivity index (χ1n) is 11.5. The Morgan fingerprint density at radius 2 is 1.80 bits per heavy atom. The topological polar surface area (TPSA) is 33.1 Å². The summed E-state index contributed by atoms with van der Waals surface area (Å²) < 4.78 is 3.37. The summed E-state index contributed by atoms with van der Waals surface area (Å²) in [5, 5.41) is 5.02. The highest BCUT2D eigenvalue weighted by Crippen LogP contribution is 2.44. The maximum atomic E-state index is 6.49. The zero-order chi connectivity index (χ0) is 24.9. The number of rotatable bonds is 4. The van der Waals surface area contributed by atoms with Gasteiger partial charge in [0, 0.05) is 38.5 Å². The van der Waals surface area contributed by atoms with Crippen molar-refractivity contribution in [3.8, 4) is 5.69 Å². The van der Waals surface area contributed by atoms with Crippen molar-refractivity contribution in [3.05, 3.63) is 110 Å². The highest BCUT2D eigenvalue weighted by atomic mass is 79.9. The summed E-state index contributed by atoms with van der Waals surface area (Å²) in [6.07, 6.45) is 1.84. The van der Waals surface area contributed by atoms with Gasteiger partial charge in [0.05, 0.1) is 17.8 Å². The molecule has 0 amide bonds. The fourth-order valence-electron chi connectivity index (χ4n) is 5.02. The third-order valence-corrected chi connectivity index (χ3v) is 8.40. The second-order valence-corrected chi connectivity index (χ2v) is 10.6. The number of hydrogen-bond donors (Lipinski definition) is 1. The van der Waals surface area contributed by atoms with Crippen LogP contribution in [-0.4, -0.2) is 14.7 Å². The van der Waals surface area contributed by atoms with E-state index in [1.807, 2.05) is 30.5 Å². The second-order valence-electron chi connectivity index (χ2n) is 8.98. The van der Waals surface area contributed by atoms with Crippen LogP contribution < -0.4 is 10.2 Å². The first kappa shape index (κ1) is 24.0. The van der Waals surface area contributed by atoms with E-state index in [0.717, 1.165) is 49.1 Å². The molecule has 2 aromatic carbocycles. The van der Waals surface area contributed by atoms with Crippen molar-refractivity contribution in [2.45, 2.75) is 39.8 Å². The fraction of sp³-hybridized carbons (Fsp3) is 0.214. The lowest BCUT2D eigenvalue weighted by Crippen LogP contribution is -2.29. The minimum absolute atomic E-state index is 0.0718. The summed E-state index contributed by atoms with van der Waals surface area (Å²) in [6.45, 7) is 8.47. The van der Waals surface area contributed by atoms with Gasteiger partial charge in [0.1, 0.15) is 0 Å². The lowest BCUT2D eigenvalue weighted by molar-refractivity contribution is 0.565. The lowest BCUT2D eigenvalue weighted by atomic mass is 9.96. The maximum Gasteiger partial charge on any atom is 0.174 e. The lowest BCUT2D eigenvalue weighted by Gasteiger charge is -2.28. The molecule has 1 aliphatic heterocycles. The van der Waals surface area contributed by atoms with Crippen molar-refractivity contribution >= 4 is 50.5 Å². The molecule has 0 radical (unpaired) electrons. The van der Waals surface area contributed by atoms with Crippen LogP contribution in [0.5, 0.6) is 0 Å². The van der Waals surface area contributed by atoms with Gasteiger partial charge in [-0.15, -0.1) is 0 Å². The number of aryl methyl sites for hydroxylation is 2. The summed E-state index contributed by atoms with van der Waals surface area (Å²) in [7, 11) is 0. The summed E-state index contributed by atoms with van der Waals surface area (Å²) >= 11 is 16.0. The van der Waals surface area contributed by atoms with Gasteiger partial charge in [0.15, 0.2) is 5.11 Å². The van der Waals surface area contributed by atoms with Gasteiger partial charge in [0.2, 0.25) is 0 Å². The van der Waals surface area contributed by atoms with Crippen LogP contribution in [0.2, 0.25) is 5.02 Å². The Labute approximate surface area is 225 Å². The summed E-state index contributed by atoms with van der Waals surface area (Å²) in [4.78, 5) is 6.92. The van der Waals surface area contributed by atoms with Crippen LogP contribution >= 0.6 is 39.7 Å². The smallest absolute Gasteiger partial charge is 0.174 e. The SMILES string of the molecule is Cc1cc(N2C(=S)N[C@H](c3ccccn3)[C@@H]2c2cc(C)n(-c3cccc(Cl)c3C)c2C)ccc1Br. The van der Waals surface area contributed by atoms with Crippen LogP contribution in [-0.2, 0) is 0 Å². The van der Waals surface area contributed by atoms with Crippen molar-refractivity contribution in [2.75, 3.05) is 4.90 Å². The molecule has 0 aliphatic carbocycles. The van der Waals surface area contributed by atoms with E-state index < -0.39 is 0 Å². The number of anilines is 1. The van der Waals surface area contributed by atoms with E-state index in [1.165, 1.54) is 5.56 Å². The van der Waals surface area contributed by atoms with E-state index in [2.05, 4.69) is 94.8 Å². The third-order valence-electron chi connectivity index (χ3n) is 6.79. The van der Waals surface area contributed by atoms with Crippen LogP contribution in [0.25, 0.3) is 5.69 Å². The number of nitrogens with zero attached hydrogens (tertiary/aromatic N) is 3. The van der Waals surface area contributed by atoms with Crippen molar-refractivity contribution in [1.82, 2.24) is 14.9 Å². The third kappa shape index (κ3) is 4.18. The quantitative estimate of drug-likeness (QED) is 0.257. The molecule has 1 N–H and O–H groups in total. The van der Waals surface area contributed by atoms with Crippen molar-refractivity contribution in [2.24, 2.45) is 0 Å². The van der Waals surface area contributed by atoms with E-state index >= 15 is 0 Å². The van der Waals surface area contributed by atoms with Crippen molar-refractivity contribution in [3.63, 3.8) is 0 Å². The van der Waals surface area contributed by atoms with Crippen LogP contribution in [0.15, 0.2) is 71.3 Å². The summed E-state index contributed by atoms with van der Waals surface area (Å²) in [6, 6.07) is 20.5. The number of aromatic nitrogens is 2. The molecule has 178 valence electrons. The Morgan fingerprint density at radius 1 is 1.00 bits per heavy atom. The maximum absolute atomic E-state index is 6.49. The van der Waals surface area contributed by atoms with E-state index in [1.54, 1.807) is 0 Å². The van der Waals surface area contributed by atoms with Gasteiger partial charge in [-0.05, 0) is 105 Å². The fourth-order valence-corrected chi connectivity index (χ4v) is 5.79. The van der Waals surface area contributed by atoms with E-state index in [9.17, 15) is 0 Å². The van der Waals surface area contributed by atoms with Crippen LogP contribution in [0.4, 0.5) is 5.69 Å². The second kappa shape index (κ2) is 9.41. The normalized spacial score (nSPS) is 17.7. The minimum atomic E-state index is -0.0953. The molecule has 0 saturated carbocycles. The van der Waals surface area contributed by atoms with Crippen LogP contribution in [0.1, 0.15) is 45.9 Å². The van der Waals surface area contributed by atoms with Crippen LogP contribution in [0, 0.1) is 27.7 Å². The largest absolute Gasteiger partial charge is 0.351 e. The number of halogens is 2. The van der Waals surface area contributed by atoms with Gasteiger partial charge in [-0.25, -0.2) is 0 Å². The molecule has 1 saturated heterocycles. The number of nitrogens with one attached hydrogen (secondary N) is 1. The summed E-state index contributed by atoms with van der Waals surface area (Å²) in [5.74, 6) is 0. The Bertz CT molecular complexity index is 1430. The number of pyridine rings is 1. The van der Waals surface area contributed by atoms with Crippen molar-refractivity contribution in [1.29, 1.82) is 0 Å². The molecule has 2 atom stereocenters. The number of hydrogen-bond acceptors (Lipinski definition) is 2. The molecule has 0 spiro atoms. The molecular formula is C28H26BrClN4S. The van der Waals surface area contributed by atoms with Gasteiger partial charge in [0.25, 0.3) is 0 Å². The van der Waals surface area contributed by atoms with Crippen LogP contribution in [0.3, 0.4) is 0 Å². The molecule has 5 rings (SSSR count).